The molecular weight excluding hydrogens is 469 g/mol. The predicted octanol–water partition coefficient (Wildman–Crippen LogP) is 7.12. The van der Waals surface area contributed by atoms with Gasteiger partial charge in [0, 0.05) is 21.9 Å². The third kappa shape index (κ3) is 7.57. The maximum absolute atomic E-state index is 12.8. The van der Waals surface area contributed by atoms with Crippen LogP contribution in [-0.2, 0) is 23.1 Å². The van der Waals surface area contributed by atoms with E-state index in [1.807, 2.05) is 24.3 Å². The summed E-state index contributed by atoms with van der Waals surface area (Å²) >= 11 is 12.2. The zero-order valence-corrected chi connectivity index (χ0v) is 22.0. The molecule has 0 spiro atoms. The number of hydrogen-bond donors (Lipinski definition) is 1. The Labute approximate surface area is 212 Å². The molecule has 0 aliphatic heterocycles. The predicted molar refractivity (Wildman–Crippen MR) is 137 cm³/mol. The Morgan fingerprint density at radius 2 is 1.74 bits per heavy atom. The lowest BCUT2D eigenvalue weighted by Gasteiger charge is -2.25. The van der Waals surface area contributed by atoms with E-state index in [2.05, 4.69) is 62.3 Å². The lowest BCUT2D eigenvalue weighted by molar-refractivity contribution is -0.122. The van der Waals surface area contributed by atoms with Crippen molar-refractivity contribution in [1.29, 1.82) is 0 Å². The second-order valence-electron chi connectivity index (χ2n) is 10.6. The molecule has 1 aromatic heterocycles. The highest BCUT2D eigenvalue weighted by atomic mass is 35.5. The van der Waals surface area contributed by atoms with Crippen LogP contribution >= 0.6 is 23.2 Å². The lowest BCUT2D eigenvalue weighted by atomic mass is 9.85. The van der Waals surface area contributed by atoms with E-state index in [1.54, 1.807) is 12.1 Å². The standard InChI is InChI=1S/C27H33Cl2N3O2/c1-26(2,3)17-22(30-23(33)14-12-19-11-13-20(28)15-21(19)29)24-31-32-25(34-24)27(4,5)16-18-9-7-6-8-10-18/h6-11,13,15,22H,12,14,16-17H2,1-5H3,(H,30,33). The van der Waals surface area contributed by atoms with E-state index in [0.29, 0.717) is 41.1 Å². The van der Waals surface area contributed by atoms with Crippen molar-refractivity contribution in [3.05, 3.63) is 81.5 Å². The summed E-state index contributed by atoms with van der Waals surface area (Å²) < 4.78 is 6.15. The minimum Gasteiger partial charge on any atom is -0.422 e. The van der Waals surface area contributed by atoms with Gasteiger partial charge < -0.3 is 9.73 Å². The zero-order valence-electron chi connectivity index (χ0n) is 20.5. The van der Waals surface area contributed by atoms with Crippen molar-refractivity contribution in [2.75, 3.05) is 0 Å². The fourth-order valence-corrected chi connectivity index (χ4v) is 4.39. The maximum atomic E-state index is 12.8. The van der Waals surface area contributed by atoms with Gasteiger partial charge in [0.2, 0.25) is 17.7 Å². The molecule has 2 aromatic carbocycles. The molecule has 182 valence electrons. The first-order chi connectivity index (χ1) is 15.9. The number of nitrogens with one attached hydrogen (secondary N) is 1. The first-order valence-corrected chi connectivity index (χ1v) is 12.3. The summed E-state index contributed by atoms with van der Waals surface area (Å²) in [5.74, 6) is 0.903. The molecule has 0 bridgehead atoms. The van der Waals surface area contributed by atoms with E-state index in [4.69, 9.17) is 27.6 Å². The molecule has 1 atom stereocenters. The number of aromatic nitrogens is 2. The quantitative estimate of drug-likeness (QED) is 0.338. The summed E-state index contributed by atoms with van der Waals surface area (Å²) in [6, 6.07) is 15.2. The molecule has 34 heavy (non-hydrogen) atoms. The lowest BCUT2D eigenvalue weighted by Crippen LogP contribution is -2.31. The van der Waals surface area contributed by atoms with Crippen LogP contribution in [0.4, 0.5) is 0 Å². The fraction of sp³-hybridized carbons (Fsp3) is 0.444. The highest BCUT2D eigenvalue weighted by molar-refractivity contribution is 6.35. The van der Waals surface area contributed by atoms with Crippen molar-refractivity contribution in [1.82, 2.24) is 15.5 Å². The molecular formula is C27H33Cl2N3O2. The number of nitrogens with zero attached hydrogens (tertiary/aromatic N) is 2. The highest BCUT2D eigenvalue weighted by Gasteiger charge is 2.31. The molecule has 1 unspecified atom stereocenters. The van der Waals surface area contributed by atoms with Gasteiger partial charge in [-0.1, -0.05) is 94.2 Å². The van der Waals surface area contributed by atoms with Gasteiger partial charge >= 0.3 is 0 Å². The van der Waals surface area contributed by atoms with E-state index < -0.39 is 0 Å². The summed E-state index contributed by atoms with van der Waals surface area (Å²) in [5.41, 5.74) is 1.70. The summed E-state index contributed by atoms with van der Waals surface area (Å²) in [4.78, 5) is 12.8. The van der Waals surface area contributed by atoms with Crippen molar-refractivity contribution < 1.29 is 9.21 Å². The van der Waals surface area contributed by atoms with Crippen LogP contribution in [0.15, 0.2) is 52.9 Å². The van der Waals surface area contributed by atoms with Gasteiger partial charge in [-0.15, -0.1) is 10.2 Å². The Hall–Kier alpha value is -2.37. The molecule has 0 radical (unpaired) electrons. The number of hydrogen-bond acceptors (Lipinski definition) is 4. The van der Waals surface area contributed by atoms with Gasteiger partial charge in [-0.05, 0) is 47.9 Å². The monoisotopic (exact) mass is 501 g/mol. The number of carbonyl (C=O) groups is 1. The Morgan fingerprint density at radius 3 is 2.38 bits per heavy atom. The summed E-state index contributed by atoms with van der Waals surface area (Å²) in [5, 5.41) is 12.9. The zero-order chi connectivity index (χ0) is 24.9. The Bertz CT molecular complexity index is 1100. The largest absolute Gasteiger partial charge is 0.422 e. The van der Waals surface area contributed by atoms with Crippen molar-refractivity contribution >= 4 is 29.1 Å². The Balaban J connectivity index is 1.72. The number of amides is 1. The first kappa shape index (κ1) is 26.2. The number of carbonyl (C=O) groups excluding carboxylic acids is 1. The van der Waals surface area contributed by atoms with Crippen LogP contribution in [0.25, 0.3) is 0 Å². The molecule has 5 nitrogen and oxygen atoms in total. The van der Waals surface area contributed by atoms with Crippen molar-refractivity contribution in [2.45, 2.75) is 71.8 Å². The number of halogens is 2. The van der Waals surface area contributed by atoms with Gasteiger partial charge in [-0.3, -0.25) is 4.79 Å². The summed E-state index contributed by atoms with van der Waals surface area (Å²) in [6.45, 7) is 10.5. The van der Waals surface area contributed by atoms with E-state index >= 15 is 0 Å². The molecule has 0 fully saturated rings. The SMILES string of the molecule is CC(C)(C)CC(NC(=O)CCc1ccc(Cl)cc1Cl)c1nnc(C(C)(C)Cc2ccccc2)o1. The van der Waals surface area contributed by atoms with Crippen LogP contribution in [0.5, 0.6) is 0 Å². The normalized spacial score (nSPS) is 13.0. The van der Waals surface area contributed by atoms with Crippen LogP contribution in [0.3, 0.4) is 0 Å². The molecule has 3 aromatic rings. The fourth-order valence-electron chi connectivity index (χ4n) is 3.88. The van der Waals surface area contributed by atoms with Gasteiger partial charge in [0.15, 0.2) is 0 Å². The number of aryl methyl sites for hydroxylation is 1. The van der Waals surface area contributed by atoms with Gasteiger partial charge in [0.25, 0.3) is 0 Å². The minimum atomic E-state index is -0.373. The van der Waals surface area contributed by atoms with Gasteiger partial charge in [-0.25, -0.2) is 0 Å². The molecule has 1 N–H and O–H groups in total. The van der Waals surface area contributed by atoms with Crippen LogP contribution in [0.2, 0.25) is 10.0 Å². The third-order valence-corrected chi connectivity index (χ3v) is 6.18. The molecule has 3 rings (SSSR count). The average Bonchev–Trinajstić information content (AvgIpc) is 3.23. The second kappa shape index (κ2) is 10.9. The van der Waals surface area contributed by atoms with Crippen LogP contribution < -0.4 is 5.32 Å². The summed E-state index contributed by atoms with van der Waals surface area (Å²) in [7, 11) is 0. The van der Waals surface area contributed by atoms with Crippen LogP contribution in [0, 0.1) is 5.41 Å². The topological polar surface area (TPSA) is 68.0 Å². The minimum absolute atomic E-state index is 0.0500. The number of rotatable bonds is 9. The molecule has 0 saturated carbocycles. The molecule has 1 amide bonds. The Morgan fingerprint density at radius 1 is 1.03 bits per heavy atom. The van der Waals surface area contributed by atoms with Crippen molar-refractivity contribution in [3.63, 3.8) is 0 Å². The van der Waals surface area contributed by atoms with Crippen LogP contribution in [-0.4, -0.2) is 16.1 Å². The smallest absolute Gasteiger partial charge is 0.238 e. The van der Waals surface area contributed by atoms with E-state index in [9.17, 15) is 4.79 Å². The van der Waals surface area contributed by atoms with E-state index in [0.717, 1.165) is 12.0 Å². The van der Waals surface area contributed by atoms with Gasteiger partial charge in [-0.2, -0.15) is 0 Å². The number of benzene rings is 2. The molecule has 0 aliphatic rings. The van der Waals surface area contributed by atoms with E-state index in [-0.39, 0.29) is 22.8 Å². The van der Waals surface area contributed by atoms with Gasteiger partial charge in [0.05, 0.1) is 0 Å². The van der Waals surface area contributed by atoms with Gasteiger partial charge in [0.1, 0.15) is 6.04 Å². The summed E-state index contributed by atoms with van der Waals surface area (Å²) in [6.07, 6.45) is 2.25. The maximum Gasteiger partial charge on any atom is 0.238 e. The highest BCUT2D eigenvalue weighted by Crippen LogP contribution is 2.32. The van der Waals surface area contributed by atoms with Crippen molar-refractivity contribution in [2.24, 2.45) is 5.41 Å². The Kier molecular flexibility index (Phi) is 8.43. The first-order valence-electron chi connectivity index (χ1n) is 11.5. The molecule has 0 saturated heterocycles. The van der Waals surface area contributed by atoms with Crippen LogP contribution in [0.1, 0.15) is 76.4 Å². The molecule has 7 heteroatoms. The molecule has 1 heterocycles. The molecule has 0 aliphatic carbocycles. The van der Waals surface area contributed by atoms with E-state index in [1.165, 1.54) is 5.56 Å². The van der Waals surface area contributed by atoms with Crippen molar-refractivity contribution in [3.8, 4) is 0 Å². The average molecular weight is 502 g/mol. The third-order valence-electron chi connectivity index (χ3n) is 5.59. The second-order valence-corrected chi connectivity index (χ2v) is 11.5.